The number of ether oxygens (including phenoxy) is 1. The lowest BCUT2D eigenvalue weighted by molar-refractivity contribution is 0.152. The molecule has 0 radical (unpaired) electrons. The number of piperidine rings is 1. The molecule has 18 heavy (non-hydrogen) atoms. The molecule has 2 rings (SSSR count). The molecule has 1 aliphatic rings. The lowest BCUT2D eigenvalue weighted by Gasteiger charge is -2.33. The molecule has 1 heterocycles. The van der Waals surface area contributed by atoms with E-state index in [0.717, 1.165) is 13.1 Å². The number of rotatable bonds is 3. The van der Waals surface area contributed by atoms with E-state index in [1.807, 2.05) is 12.1 Å². The van der Waals surface area contributed by atoms with E-state index in [1.165, 1.54) is 24.8 Å². The summed E-state index contributed by atoms with van der Waals surface area (Å²) in [4.78, 5) is 2.49. The van der Waals surface area contributed by atoms with Crippen molar-refractivity contribution in [3.8, 4) is 11.8 Å². The molecule has 0 aliphatic carbocycles. The zero-order valence-electron chi connectivity index (χ0n) is 11.1. The second kappa shape index (κ2) is 5.88. The summed E-state index contributed by atoms with van der Waals surface area (Å²) in [6, 6.07) is 8.73. The first-order valence-electron chi connectivity index (χ1n) is 6.55. The lowest BCUT2D eigenvalue weighted by Crippen LogP contribution is -2.36. The highest BCUT2D eigenvalue weighted by Crippen LogP contribution is 2.23. The van der Waals surface area contributed by atoms with Crippen LogP contribution >= 0.6 is 0 Å². The third-order valence-electron chi connectivity index (χ3n) is 3.71. The van der Waals surface area contributed by atoms with Crippen LogP contribution in [0.2, 0.25) is 0 Å². The summed E-state index contributed by atoms with van der Waals surface area (Å²) in [5.41, 5.74) is 1.82. The number of methoxy groups -OCH3 is 1. The number of benzene rings is 1. The molecule has 0 spiro atoms. The molecular formula is C15H20N2O. The molecule has 96 valence electrons. The minimum atomic E-state index is 0.625. The van der Waals surface area contributed by atoms with E-state index in [1.54, 1.807) is 7.11 Å². The minimum absolute atomic E-state index is 0.625. The van der Waals surface area contributed by atoms with Crippen molar-refractivity contribution < 1.29 is 4.74 Å². The van der Waals surface area contributed by atoms with E-state index in [9.17, 15) is 0 Å². The molecule has 1 unspecified atom stereocenters. The van der Waals surface area contributed by atoms with Crippen LogP contribution in [0.25, 0.3) is 0 Å². The summed E-state index contributed by atoms with van der Waals surface area (Å²) in [6.45, 7) is 4.38. The molecule has 1 saturated heterocycles. The van der Waals surface area contributed by atoms with Crippen LogP contribution in [0.5, 0.6) is 5.75 Å². The van der Waals surface area contributed by atoms with Crippen LogP contribution in [0, 0.1) is 11.3 Å². The number of nitriles is 1. The molecule has 3 heteroatoms. The van der Waals surface area contributed by atoms with Gasteiger partial charge < -0.3 is 4.74 Å². The average molecular weight is 244 g/mol. The zero-order valence-corrected chi connectivity index (χ0v) is 11.1. The fraction of sp³-hybridized carbons (Fsp3) is 0.533. The van der Waals surface area contributed by atoms with E-state index in [4.69, 9.17) is 10.00 Å². The summed E-state index contributed by atoms with van der Waals surface area (Å²) in [5, 5.41) is 9.09. The maximum Gasteiger partial charge on any atom is 0.136 e. The van der Waals surface area contributed by atoms with Gasteiger partial charge >= 0.3 is 0 Å². The second-order valence-electron chi connectivity index (χ2n) is 4.96. The third kappa shape index (κ3) is 2.83. The standard InChI is InChI=1S/C15H20N2O/c1-12-5-3-4-8-17(12)11-13-6-7-15(18-2)14(9-13)10-16/h6-7,9,12H,3-5,8,11H2,1-2H3. The number of hydrogen-bond donors (Lipinski definition) is 0. The van der Waals surface area contributed by atoms with Crippen molar-refractivity contribution in [1.29, 1.82) is 5.26 Å². The average Bonchev–Trinajstić information content (AvgIpc) is 2.41. The maximum absolute atomic E-state index is 9.09. The molecular weight excluding hydrogens is 224 g/mol. The Balaban J connectivity index is 2.12. The van der Waals surface area contributed by atoms with E-state index in [0.29, 0.717) is 17.4 Å². The first-order valence-corrected chi connectivity index (χ1v) is 6.55. The van der Waals surface area contributed by atoms with Gasteiger partial charge in [-0.25, -0.2) is 0 Å². The normalized spacial score (nSPS) is 20.4. The highest BCUT2D eigenvalue weighted by atomic mass is 16.5. The Kier molecular flexibility index (Phi) is 4.22. The Morgan fingerprint density at radius 3 is 2.94 bits per heavy atom. The first kappa shape index (κ1) is 12.9. The Labute approximate surface area is 109 Å². The van der Waals surface area contributed by atoms with Gasteiger partial charge in [-0.15, -0.1) is 0 Å². The maximum atomic E-state index is 9.09. The van der Waals surface area contributed by atoms with Gasteiger partial charge in [-0.2, -0.15) is 5.26 Å². The van der Waals surface area contributed by atoms with Crippen LogP contribution in [0.1, 0.15) is 37.3 Å². The second-order valence-corrected chi connectivity index (χ2v) is 4.96. The fourth-order valence-corrected chi connectivity index (χ4v) is 2.57. The predicted molar refractivity (Wildman–Crippen MR) is 71.4 cm³/mol. The van der Waals surface area contributed by atoms with Gasteiger partial charge in [-0.1, -0.05) is 12.5 Å². The number of nitrogens with zero attached hydrogens (tertiary/aromatic N) is 2. The molecule has 3 nitrogen and oxygen atoms in total. The Morgan fingerprint density at radius 2 is 2.28 bits per heavy atom. The van der Waals surface area contributed by atoms with Gasteiger partial charge in [-0.05, 0) is 44.0 Å². The molecule has 0 aromatic heterocycles. The van der Waals surface area contributed by atoms with E-state index >= 15 is 0 Å². The topological polar surface area (TPSA) is 36.3 Å². The summed E-state index contributed by atoms with van der Waals surface area (Å²) in [6.07, 6.45) is 3.90. The van der Waals surface area contributed by atoms with Crippen LogP contribution in [0.15, 0.2) is 18.2 Å². The van der Waals surface area contributed by atoms with Crippen molar-refractivity contribution >= 4 is 0 Å². The number of hydrogen-bond acceptors (Lipinski definition) is 3. The Hall–Kier alpha value is -1.53. The van der Waals surface area contributed by atoms with Crippen molar-refractivity contribution in [1.82, 2.24) is 4.90 Å². The van der Waals surface area contributed by atoms with E-state index in [2.05, 4.69) is 24.0 Å². The highest BCUT2D eigenvalue weighted by Gasteiger charge is 2.18. The molecule has 1 atom stereocenters. The fourth-order valence-electron chi connectivity index (χ4n) is 2.57. The molecule has 1 aromatic rings. The third-order valence-corrected chi connectivity index (χ3v) is 3.71. The summed E-state index contributed by atoms with van der Waals surface area (Å²) in [7, 11) is 1.60. The van der Waals surface area contributed by atoms with Crippen molar-refractivity contribution in [2.75, 3.05) is 13.7 Å². The predicted octanol–water partition coefficient (Wildman–Crippen LogP) is 2.94. The first-order chi connectivity index (χ1) is 8.74. The molecule has 1 aliphatic heterocycles. The van der Waals surface area contributed by atoms with Gasteiger partial charge in [0.05, 0.1) is 12.7 Å². The summed E-state index contributed by atoms with van der Waals surface area (Å²) in [5.74, 6) is 0.660. The largest absolute Gasteiger partial charge is 0.495 e. The van der Waals surface area contributed by atoms with Gasteiger partial charge in [0.25, 0.3) is 0 Å². The van der Waals surface area contributed by atoms with Crippen LogP contribution < -0.4 is 4.74 Å². The Morgan fingerprint density at radius 1 is 1.44 bits per heavy atom. The molecule has 0 saturated carbocycles. The molecule has 1 fully saturated rings. The molecule has 0 bridgehead atoms. The van der Waals surface area contributed by atoms with Crippen LogP contribution in [0.3, 0.4) is 0 Å². The van der Waals surface area contributed by atoms with Crippen LogP contribution in [0.4, 0.5) is 0 Å². The molecule has 1 aromatic carbocycles. The van der Waals surface area contributed by atoms with Crippen molar-refractivity contribution in [3.05, 3.63) is 29.3 Å². The van der Waals surface area contributed by atoms with Crippen molar-refractivity contribution in [3.63, 3.8) is 0 Å². The smallest absolute Gasteiger partial charge is 0.136 e. The quantitative estimate of drug-likeness (QED) is 0.820. The minimum Gasteiger partial charge on any atom is -0.495 e. The van der Waals surface area contributed by atoms with Gasteiger partial charge in [0.2, 0.25) is 0 Å². The van der Waals surface area contributed by atoms with Crippen LogP contribution in [-0.4, -0.2) is 24.6 Å². The monoisotopic (exact) mass is 244 g/mol. The van der Waals surface area contributed by atoms with Gasteiger partial charge in [0.15, 0.2) is 0 Å². The molecule has 0 N–H and O–H groups in total. The van der Waals surface area contributed by atoms with Gasteiger partial charge in [0.1, 0.15) is 11.8 Å². The van der Waals surface area contributed by atoms with E-state index < -0.39 is 0 Å². The zero-order chi connectivity index (χ0) is 13.0. The summed E-state index contributed by atoms with van der Waals surface area (Å²) < 4.78 is 5.17. The SMILES string of the molecule is COc1ccc(CN2CCCCC2C)cc1C#N. The lowest BCUT2D eigenvalue weighted by atomic mass is 10.0. The van der Waals surface area contributed by atoms with Gasteiger partial charge in [0, 0.05) is 12.6 Å². The van der Waals surface area contributed by atoms with Crippen molar-refractivity contribution in [2.24, 2.45) is 0 Å². The summed E-state index contributed by atoms with van der Waals surface area (Å²) >= 11 is 0. The van der Waals surface area contributed by atoms with Crippen molar-refractivity contribution in [2.45, 2.75) is 38.8 Å². The van der Waals surface area contributed by atoms with E-state index in [-0.39, 0.29) is 0 Å². The highest BCUT2D eigenvalue weighted by molar-refractivity contribution is 5.45. The number of likely N-dealkylation sites (tertiary alicyclic amines) is 1. The Bertz CT molecular complexity index is 450. The van der Waals surface area contributed by atoms with Crippen LogP contribution in [-0.2, 0) is 6.54 Å². The van der Waals surface area contributed by atoms with Gasteiger partial charge in [-0.3, -0.25) is 4.90 Å². The molecule has 0 amide bonds.